The van der Waals surface area contributed by atoms with E-state index < -0.39 is 10.0 Å². The lowest BCUT2D eigenvalue weighted by atomic mass is 10.1. The Balaban J connectivity index is 1.81. The molecule has 1 fully saturated rings. The second kappa shape index (κ2) is 7.13. The van der Waals surface area contributed by atoms with Crippen LogP contribution in [0.5, 0.6) is 0 Å². The second-order valence-electron chi connectivity index (χ2n) is 5.52. The number of sulfonamides is 1. The largest absolute Gasteiger partial charge is 0.347 e. The SMILES string of the molecule is O=C(NCc1cccs1)c1ccc(Cl)c(N2CCCCS2(=O)=O)c1. The fourth-order valence-electron chi connectivity index (χ4n) is 2.59. The van der Waals surface area contributed by atoms with Gasteiger partial charge in [0.05, 0.1) is 23.0 Å². The number of hydrogen-bond donors (Lipinski definition) is 1. The number of nitrogens with zero attached hydrogens (tertiary/aromatic N) is 1. The van der Waals surface area contributed by atoms with E-state index in [1.165, 1.54) is 4.31 Å². The Bertz CT molecular complexity index is 835. The van der Waals surface area contributed by atoms with Crippen LogP contribution in [0.25, 0.3) is 0 Å². The highest BCUT2D eigenvalue weighted by molar-refractivity contribution is 7.92. The Hall–Kier alpha value is -1.57. The van der Waals surface area contributed by atoms with Crippen molar-refractivity contribution in [1.82, 2.24) is 5.32 Å². The van der Waals surface area contributed by atoms with Gasteiger partial charge in [-0.2, -0.15) is 0 Å². The van der Waals surface area contributed by atoms with E-state index in [0.717, 1.165) is 11.3 Å². The van der Waals surface area contributed by atoms with Crippen molar-refractivity contribution < 1.29 is 13.2 Å². The molecule has 1 amide bonds. The molecule has 0 saturated carbocycles. The molecule has 5 nitrogen and oxygen atoms in total. The Morgan fingerprint density at radius 3 is 2.83 bits per heavy atom. The maximum atomic E-state index is 12.3. The van der Waals surface area contributed by atoms with Crippen molar-refractivity contribution in [2.24, 2.45) is 0 Å². The molecule has 1 saturated heterocycles. The number of nitrogens with one attached hydrogen (secondary N) is 1. The zero-order valence-electron chi connectivity index (χ0n) is 12.9. The average Bonchev–Trinajstić information content (AvgIpc) is 3.06. The molecule has 1 N–H and O–H groups in total. The summed E-state index contributed by atoms with van der Waals surface area (Å²) in [5.74, 6) is -0.145. The van der Waals surface area contributed by atoms with Gasteiger partial charge in [-0.1, -0.05) is 17.7 Å². The molecule has 128 valence electrons. The molecule has 8 heteroatoms. The van der Waals surface area contributed by atoms with Crippen LogP contribution in [0.15, 0.2) is 35.7 Å². The van der Waals surface area contributed by atoms with E-state index in [1.54, 1.807) is 29.5 Å². The summed E-state index contributed by atoms with van der Waals surface area (Å²) < 4.78 is 25.8. The van der Waals surface area contributed by atoms with E-state index in [2.05, 4.69) is 5.32 Å². The van der Waals surface area contributed by atoms with Gasteiger partial charge in [0.1, 0.15) is 0 Å². The smallest absolute Gasteiger partial charge is 0.251 e. The molecule has 1 aromatic carbocycles. The number of thiophene rings is 1. The summed E-state index contributed by atoms with van der Waals surface area (Å²) >= 11 is 7.75. The molecule has 2 heterocycles. The van der Waals surface area contributed by atoms with Crippen LogP contribution in [0.4, 0.5) is 5.69 Å². The van der Waals surface area contributed by atoms with E-state index in [0.29, 0.717) is 35.8 Å². The maximum Gasteiger partial charge on any atom is 0.251 e. The highest BCUT2D eigenvalue weighted by Crippen LogP contribution is 2.31. The summed E-state index contributed by atoms with van der Waals surface area (Å²) in [6.07, 6.45) is 1.43. The summed E-state index contributed by atoms with van der Waals surface area (Å²) in [6, 6.07) is 8.59. The van der Waals surface area contributed by atoms with Crippen LogP contribution < -0.4 is 9.62 Å². The van der Waals surface area contributed by atoms with E-state index in [9.17, 15) is 13.2 Å². The van der Waals surface area contributed by atoms with Crippen LogP contribution in [0.2, 0.25) is 5.02 Å². The Labute approximate surface area is 150 Å². The molecular weight excluding hydrogens is 368 g/mol. The van der Waals surface area contributed by atoms with Gasteiger partial charge in [-0.05, 0) is 42.5 Å². The van der Waals surface area contributed by atoms with Gasteiger partial charge < -0.3 is 5.32 Å². The molecule has 1 aromatic heterocycles. The summed E-state index contributed by atoms with van der Waals surface area (Å²) in [5.41, 5.74) is 0.770. The minimum Gasteiger partial charge on any atom is -0.347 e. The zero-order valence-corrected chi connectivity index (χ0v) is 15.3. The van der Waals surface area contributed by atoms with Gasteiger partial charge in [-0.15, -0.1) is 11.3 Å². The zero-order chi connectivity index (χ0) is 17.2. The quantitative estimate of drug-likeness (QED) is 0.879. The fraction of sp³-hybridized carbons (Fsp3) is 0.312. The second-order valence-corrected chi connectivity index (χ2v) is 8.98. The lowest BCUT2D eigenvalue weighted by molar-refractivity contribution is 0.0951. The lowest BCUT2D eigenvalue weighted by Crippen LogP contribution is -2.38. The number of carbonyl (C=O) groups excluding carboxylic acids is 1. The summed E-state index contributed by atoms with van der Waals surface area (Å²) in [7, 11) is -3.37. The van der Waals surface area contributed by atoms with Crippen molar-refractivity contribution >= 4 is 44.6 Å². The van der Waals surface area contributed by atoms with Crippen LogP contribution in [0, 0.1) is 0 Å². The Kier molecular flexibility index (Phi) is 5.12. The molecule has 0 radical (unpaired) electrons. The minimum atomic E-state index is -3.37. The monoisotopic (exact) mass is 384 g/mol. The predicted molar refractivity (Wildman–Crippen MR) is 97.3 cm³/mol. The summed E-state index contributed by atoms with van der Waals surface area (Å²) in [4.78, 5) is 13.4. The number of benzene rings is 1. The number of amides is 1. The van der Waals surface area contributed by atoms with Crippen molar-refractivity contribution in [3.8, 4) is 0 Å². The fourth-order valence-corrected chi connectivity index (χ4v) is 5.15. The first kappa shape index (κ1) is 17.3. The summed E-state index contributed by atoms with van der Waals surface area (Å²) in [5, 5.41) is 5.11. The van der Waals surface area contributed by atoms with Gasteiger partial charge in [-0.3, -0.25) is 9.10 Å². The van der Waals surface area contributed by atoms with Gasteiger partial charge >= 0.3 is 0 Å². The molecule has 0 atom stereocenters. The van der Waals surface area contributed by atoms with Crippen LogP contribution >= 0.6 is 22.9 Å². The van der Waals surface area contributed by atoms with Gasteiger partial charge in [0.2, 0.25) is 10.0 Å². The highest BCUT2D eigenvalue weighted by Gasteiger charge is 2.28. The third-order valence-electron chi connectivity index (χ3n) is 3.83. The molecule has 0 aliphatic carbocycles. The van der Waals surface area contributed by atoms with Crippen molar-refractivity contribution in [1.29, 1.82) is 0 Å². The topological polar surface area (TPSA) is 66.5 Å². The first-order valence-electron chi connectivity index (χ1n) is 7.58. The number of hydrogen-bond acceptors (Lipinski definition) is 4. The first-order valence-corrected chi connectivity index (χ1v) is 10.4. The normalized spacial score (nSPS) is 16.8. The molecule has 0 spiro atoms. The number of rotatable bonds is 4. The molecule has 1 aliphatic heterocycles. The van der Waals surface area contributed by atoms with Crippen molar-refractivity contribution in [2.75, 3.05) is 16.6 Å². The minimum absolute atomic E-state index is 0.109. The maximum absolute atomic E-state index is 12.3. The molecule has 3 rings (SSSR count). The van der Waals surface area contributed by atoms with Crippen molar-refractivity contribution in [3.63, 3.8) is 0 Å². The molecule has 2 aromatic rings. The van der Waals surface area contributed by atoms with Gasteiger partial charge in [-0.25, -0.2) is 8.42 Å². The van der Waals surface area contributed by atoms with E-state index in [4.69, 9.17) is 11.6 Å². The Morgan fingerprint density at radius 1 is 1.29 bits per heavy atom. The average molecular weight is 385 g/mol. The molecule has 0 unspecified atom stereocenters. The first-order chi connectivity index (χ1) is 11.5. The number of anilines is 1. The third kappa shape index (κ3) is 3.74. The van der Waals surface area contributed by atoms with E-state index in [1.807, 2.05) is 17.5 Å². The van der Waals surface area contributed by atoms with Crippen LogP contribution in [0.1, 0.15) is 28.1 Å². The standard InChI is InChI=1S/C16H17ClN2O3S2/c17-14-6-5-12(16(20)18-11-13-4-3-8-23-13)10-15(14)19-7-1-2-9-24(19,21)22/h3-6,8,10H,1-2,7,9,11H2,(H,18,20). The highest BCUT2D eigenvalue weighted by atomic mass is 35.5. The van der Waals surface area contributed by atoms with Crippen LogP contribution in [-0.4, -0.2) is 26.6 Å². The molecule has 1 aliphatic rings. The number of halogens is 1. The molecular formula is C16H17ClN2O3S2. The van der Waals surface area contributed by atoms with Gasteiger partial charge in [0.15, 0.2) is 0 Å². The van der Waals surface area contributed by atoms with Crippen LogP contribution in [-0.2, 0) is 16.6 Å². The lowest BCUT2D eigenvalue weighted by Gasteiger charge is -2.29. The van der Waals surface area contributed by atoms with Gasteiger partial charge in [0, 0.05) is 17.0 Å². The third-order valence-corrected chi connectivity index (χ3v) is 6.88. The van der Waals surface area contributed by atoms with E-state index >= 15 is 0 Å². The number of carbonyl (C=O) groups is 1. The van der Waals surface area contributed by atoms with E-state index in [-0.39, 0.29) is 11.7 Å². The predicted octanol–water partition coefficient (Wildman–Crippen LogP) is 3.26. The summed E-state index contributed by atoms with van der Waals surface area (Å²) in [6.45, 7) is 0.832. The molecule has 0 bridgehead atoms. The Morgan fingerprint density at radius 2 is 2.12 bits per heavy atom. The van der Waals surface area contributed by atoms with Crippen molar-refractivity contribution in [2.45, 2.75) is 19.4 Å². The van der Waals surface area contributed by atoms with Gasteiger partial charge in [0.25, 0.3) is 5.91 Å². The van der Waals surface area contributed by atoms with Crippen LogP contribution in [0.3, 0.4) is 0 Å². The van der Waals surface area contributed by atoms with Crippen molar-refractivity contribution in [3.05, 3.63) is 51.2 Å². The molecule has 24 heavy (non-hydrogen) atoms.